The first-order valence-electron chi connectivity index (χ1n) is 6.57. The summed E-state index contributed by atoms with van der Waals surface area (Å²) < 4.78 is 19.4. The number of carboxylic acid groups (broad SMARTS) is 1. The Balaban J connectivity index is 2.19. The van der Waals surface area contributed by atoms with Gasteiger partial charge in [-0.1, -0.05) is 12.8 Å². The van der Waals surface area contributed by atoms with Gasteiger partial charge in [-0.2, -0.15) is 0 Å². The van der Waals surface area contributed by atoms with Crippen molar-refractivity contribution in [2.24, 2.45) is 0 Å². The van der Waals surface area contributed by atoms with Crippen LogP contribution in [-0.2, 0) is 0 Å². The molecule has 1 aliphatic carbocycles. The fourth-order valence-corrected chi connectivity index (χ4v) is 2.38. The molecule has 0 saturated heterocycles. The molecule has 1 aliphatic rings. The third-order valence-electron chi connectivity index (χ3n) is 3.43. The van der Waals surface area contributed by atoms with Crippen molar-refractivity contribution in [1.82, 2.24) is 0 Å². The van der Waals surface area contributed by atoms with Gasteiger partial charge in [0.2, 0.25) is 0 Å². The molecule has 0 aromatic heterocycles. The van der Waals surface area contributed by atoms with Crippen LogP contribution in [0.1, 0.15) is 48.9 Å². The zero-order valence-corrected chi connectivity index (χ0v) is 10.7. The van der Waals surface area contributed by atoms with E-state index in [-0.39, 0.29) is 23.1 Å². The summed E-state index contributed by atoms with van der Waals surface area (Å²) in [5, 5.41) is 8.97. The molecule has 1 aromatic rings. The molecule has 19 heavy (non-hydrogen) atoms. The maximum absolute atomic E-state index is 13.8. The third-order valence-corrected chi connectivity index (χ3v) is 3.43. The molecular weight excluding hydrogens is 249 g/mol. The van der Waals surface area contributed by atoms with Gasteiger partial charge in [0.25, 0.3) is 0 Å². The molecule has 4 nitrogen and oxygen atoms in total. The highest BCUT2D eigenvalue weighted by atomic mass is 19.1. The molecule has 0 atom stereocenters. The van der Waals surface area contributed by atoms with Gasteiger partial charge in [-0.25, -0.2) is 9.18 Å². The lowest BCUT2D eigenvalue weighted by Crippen LogP contribution is -2.16. The molecule has 5 heteroatoms. The molecular formula is C14H18FNO3. The summed E-state index contributed by atoms with van der Waals surface area (Å²) in [7, 11) is 0. The number of rotatable bonds is 3. The second kappa shape index (κ2) is 5.91. The Bertz CT molecular complexity index is 468. The van der Waals surface area contributed by atoms with Gasteiger partial charge in [0.1, 0.15) is 0 Å². The number of ether oxygens (including phenoxy) is 1. The van der Waals surface area contributed by atoms with E-state index in [1.54, 1.807) is 0 Å². The predicted octanol–water partition coefficient (Wildman–Crippen LogP) is 3.21. The molecule has 0 aliphatic heterocycles. The van der Waals surface area contributed by atoms with Crippen molar-refractivity contribution in [3.63, 3.8) is 0 Å². The summed E-state index contributed by atoms with van der Waals surface area (Å²) in [5.74, 6) is -1.80. The molecule has 0 bridgehead atoms. The first-order valence-corrected chi connectivity index (χ1v) is 6.57. The number of nitrogens with two attached hydrogens (primary N) is 1. The number of hydrogen-bond donors (Lipinski definition) is 2. The van der Waals surface area contributed by atoms with Crippen molar-refractivity contribution in [2.45, 2.75) is 44.6 Å². The van der Waals surface area contributed by atoms with Crippen molar-refractivity contribution in [3.8, 4) is 5.75 Å². The quantitative estimate of drug-likeness (QED) is 0.651. The van der Waals surface area contributed by atoms with Crippen molar-refractivity contribution < 1.29 is 19.0 Å². The first-order chi connectivity index (χ1) is 9.08. The molecule has 1 fully saturated rings. The number of anilines is 1. The molecule has 0 spiro atoms. The van der Waals surface area contributed by atoms with Gasteiger partial charge < -0.3 is 15.6 Å². The maximum Gasteiger partial charge on any atom is 0.337 e. The molecule has 0 radical (unpaired) electrons. The van der Waals surface area contributed by atoms with Crippen LogP contribution in [0, 0.1) is 5.82 Å². The summed E-state index contributed by atoms with van der Waals surface area (Å²) in [6.07, 6.45) is 6.19. The number of carbonyl (C=O) groups is 1. The molecule has 3 N–H and O–H groups in total. The van der Waals surface area contributed by atoms with E-state index in [2.05, 4.69) is 0 Å². The first kappa shape index (κ1) is 13.6. The van der Waals surface area contributed by atoms with E-state index in [0.717, 1.165) is 31.7 Å². The SMILES string of the molecule is Nc1cc(F)c(OC2CCCCCC2)cc1C(=O)O. The summed E-state index contributed by atoms with van der Waals surface area (Å²) in [6, 6.07) is 2.19. The van der Waals surface area contributed by atoms with Crippen LogP contribution >= 0.6 is 0 Å². The van der Waals surface area contributed by atoms with Gasteiger partial charge in [-0.15, -0.1) is 0 Å². The topological polar surface area (TPSA) is 72.5 Å². The van der Waals surface area contributed by atoms with Crippen LogP contribution in [0.5, 0.6) is 5.75 Å². The Labute approximate surface area is 111 Å². The van der Waals surface area contributed by atoms with Crippen LogP contribution in [0.3, 0.4) is 0 Å². The van der Waals surface area contributed by atoms with E-state index in [0.29, 0.717) is 0 Å². The van der Waals surface area contributed by atoms with E-state index in [9.17, 15) is 9.18 Å². The summed E-state index contributed by atoms with van der Waals surface area (Å²) in [6.45, 7) is 0. The zero-order valence-electron chi connectivity index (χ0n) is 10.7. The van der Waals surface area contributed by atoms with E-state index >= 15 is 0 Å². The van der Waals surface area contributed by atoms with Gasteiger partial charge in [-0.05, 0) is 31.7 Å². The minimum Gasteiger partial charge on any atom is -0.487 e. The van der Waals surface area contributed by atoms with Crippen molar-refractivity contribution in [1.29, 1.82) is 0 Å². The Morgan fingerprint density at radius 1 is 1.26 bits per heavy atom. The van der Waals surface area contributed by atoms with Crippen LogP contribution in [0.25, 0.3) is 0 Å². The van der Waals surface area contributed by atoms with Gasteiger partial charge in [-0.3, -0.25) is 0 Å². The second-order valence-corrected chi connectivity index (χ2v) is 4.91. The average Bonchev–Trinajstić information content (AvgIpc) is 2.60. The van der Waals surface area contributed by atoms with Crippen LogP contribution in [0.4, 0.5) is 10.1 Å². The Morgan fingerprint density at radius 2 is 1.89 bits per heavy atom. The molecule has 0 heterocycles. The van der Waals surface area contributed by atoms with E-state index in [4.69, 9.17) is 15.6 Å². The Morgan fingerprint density at radius 3 is 2.47 bits per heavy atom. The normalized spacial score (nSPS) is 16.9. The van der Waals surface area contributed by atoms with E-state index in [1.807, 2.05) is 0 Å². The van der Waals surface area contributed by atoms with Crippen molar-refractivity contribution >= 4 is 11.7 Å². The number of aromatic carboxylic acids is 1. The lowest BCUT2D eigenvalue weighted by atomic mass is 10.1. The molecule has 2 rings (SSSR count). The number of hydrogen-bond acceptors (Lipinski definition) is 3. The largest absolute Gasteiger partial charge is 0.487 e. The van der Waals surface area contributed by atoms with Gasteiger partial charge >= 0.3 is 5.97 Å². The highest BCUT2D eigenvalue weighted by molar-refractivity contribution is 5.94. The van der Waals surface area contributed by atoms with Gasteiger partial charge in [0.15, 0.2) is 11.6 Å². The standard InChI is InChI=1S/C14H18FNO3/c15-11-8-12(16)10(14(17)18)7-13(11)19-9-5-3-1-2-4-6-9/h7-9H,1-6,16H2,(H,17,18). The number of carboxylic acids is 1. The fourth-order valence-electron chi connectivity index (χ4n) is 2.38. The molecule has 1 aromatic carbocycles. The van der Waals surface area contributed by atoms with Crippen molar-refractivity contribution in [3.05, 3.63) is 23.5 Å². The van der Waals surface area contributed by atoms with E-state index < -0.39 is 11.8 Å². The minimum atomic E-state index is -1.18. The molecule has 104 valence electrons. The summed E-state index contributed by atoms with van der Waals surface area (Å²) in [5.41, 5.74) is 5.27. The number of benzene rings is 1. The highest BCUT2D eigenvalue weighted by Crippen LogP contribution is 2.28. The number of nitrogen functional groups attached to an aromatic ring is 1. The van der Waals surface area contributed by atoms with Gasteiger partial charge in [0.05, 0.1) is 11.7 Å². The second-order valence-electron chi connectivity index (χ2n) is 4.91. The highest BCUT2D eigenvalue weighted by Gasteiger charge is 2.19. The fraction of sp³-hybridized carbons (Fsp3) is 0.500. The number of halogens is 1. The van der Waals surface area contributed by atoms with Crippen LogP contribution in [0.15, 0.2) is 12.1 Å². The molecule has 0 unspecified atom stereocenters. The molecule has 1 saturated carbocycles. The molecule has 0 amide bonds. The predicted molar refractivity (Wildman–Crippen MR) is 69.9 cm³/mol. The summed E-state index contributed by atoms with van der Waals surface area (Å²) >= 11 is 0. The van der Waals surface area contributed by atoms with Crippen LogP contribution in [0.2, 0.25) is 0 Å². The third kappa shape index (κ3) is 3.36. The lowest BCUT2D eigenvalue weighted by molar-refractivity contribution is 0.0697. The Hall–Kier alpha value is -1.78. The van der Waals surface area contributed by atoms with Crippen molar-refractivity contribution in [2.75, 3.05) is 5.73 Å². The van der Waals surface area contributed by atoms with Crippen LogP contribution < -0.4 is 10.5 Å². The zero-order chi connectivity index (χ0) is 13.8. The lowest BCUT2D eigenvalue weighted by Gasteiger charge is -2.18. The summed E-state index contributed by atoms with van der Waals surface area (Å²) in [4.78, 5) is 11.0. The van der Waals surface area contributed by atoms with Crippen LogP contribution in [-0.4, -0.2) is 17.2 Å². The van der Waals surface area contributed by atoms with E-state index in [1.165, 1.54) is 18.9 Å². The minimum absolute atomic E-state index is 0.0153. The van der Waals surface area contributed by atoms with Gasteiger partial charge in [0, 0.05) is 11.8 Å². The monoisotopic (exact) mass is 267 g/mol. The smallest absolute Gasteiger partial charge is 0.337 e. The Kier molecular flexibility index (Phi) is 4.24. The average molecular weight is 267 g/mol. The maximum atomic E-state index is 13.8.